The molecule has 3 aromatic rings. The molecular formula is C18H19FN2OS2. The van der Waals surface area contributed by atoms with Gasteiger partial charge in [0.05, 0.1) is 9.88 Å². The van der Waals surface area contributed by atoms with E-state index >= 15 is 0 Å². The average Bonchev–Trinajstić information content (AvgIpc) is 3.11. The Labute approximate surface area is 148 Å². The number of carbonyl (C=O) groups excluding carboxylic acids is 1. The molecule has 1 amide bonds. The van der Waals surface area contributed by atoms with Crippen LogP contribution in [-0.2, 0) is 6.42 Å². The Kier molecular flexibility index (Phi) is 5.26. The first-order chi connectivity index (χ1) is 11.6. The maximum atomic E-state index is 13.9. The van der Waals surface area contributed by atoms with Crippen LogP contribution in [0.1, 0.15) is 38.8 Å². The van der Waals surface area contributed by atoms with E-state index in [2.05, 4.69) is 15.7 Å². The number of nitrogens with one attached hydrogen (secondary N) is 1. The molecule has 0 fully saturated rings. The number of carbonyl (C=O) groups is 1. The third-order valence-corrected chi connectivity index (χ3v) is 6.16. The fraction of sp³-hybridized carbons (Fsp3) is 0.333. The molecule has 1 aromatic carbocycles. The van der Waals surface area contributed by atoms with Crippen molar-refractivity contribution in [3.63, 3.8) is 0 Å². The van der Waals surface area contributed by atoms with Gasteiger partial charge in [0.25, 0.3) is 5.91 Å². The van der Waals surface area contributed by atoms with E-state index in [1.165, 1.54) is 17.4 Å². The lowest BCUT2D eigenvalue weighted by Crippen LogP contribution is -2.24. The fourth-order valence-electron chi connectivity index (χ4n) is 2.67. The number of amides is 1. The van der Waals surface area contributed by atoms with E-state index in [-0.39, 0.29) is 11.7 Å². The van der Waals surface area contributed by atoms with Gasteiger partial charge in [-0.3, -0.25) is 4.79 Å². The van der Waals surface area contributed by atoms with Gasteiger partial charge in [-0.2, -0.15) is 0 Å². The first kappa shape index (κ1) is 17.0. The Morgan fingerprint density at radius 2 is 2.12 bits per heavy atom. The fourth-order valence-corrected chi connectivity index (χ4v) is 4.63. The zero-order chi connectivity index (χ0) is 17.1. The Morgan fingerprint density at radius 3 is 2.83 bits per heavy atom. The van der Waals surface area contributed by atoms with Crippen LogP contribution in [0.15, 0.2) is 23.6 Å². The Bertz CT molecular complexity index is 869. The van der Waals surface area contributed by atoms with Crippen molar-refractivity contribution in [1.29, 1.82) is 0 Å². The monoisotopic (exact) mass is 362 g/mol. The summed E-state index contributed by atoms with van der Waals surface area (Å²) in [5, 5.41) is 6.71. The third kappa shape index (κ3) is 3.65. The van der Waals surface area contributed by atoms with Gasteiger partial charge >= 0.3 is 0 Å². The molecule has 0 unspecified atom stereocenters. The molecule has 0 saturated carbocycles. The summed E-state index contributed by atoms with van der Waals surface area (Å²) in [7, 11) is 0. The summed E-state index contributed by atoms with van der Waals surface area (Å²) in [6, 6.07) is 4.96. The van der Waals surface area contributed by atoms with Crippen molar-refractivity contribution in [3.05, 3.63) is 50.5 Å². The Morgan fingerprint density at radius 1 is 1.29 bits per heavy atom. The number of aryl methyl sites for hydroxylation is 3. The number of unbranched alkanes of at least 4 members (excludes halogenated alkanes) is 1. The SMILES string of the molecule is Cc1csc(CCCCNC(=O)c2sc3cccc(F)c3c2C)n1. The van der Waals surface area contributed by atoms with Gasteiger partial charge in [0.1, 0.15) is 5.82 Å². The maximum Gasteiger partial charge on any atom is 0.261 e. The van der Waals surface area contributed by atoms with Crippen molar-refractivity contribution in [3.8, 4) is 0 Å². The van der Waals surface area contributed by atoms with E-state index in [1.54, 1.807) is 17.4 Å². The minimum absolute atomic E-state index is 0.113. The minimum Gasteiger partial charge on any atom is -0.351 e. The Hall–Kier alpha value is -1.79. The maximum absolute atomic E-state index is 13.9. The van der Waals surface area contributed by atoms with Crippen molar-refractivity contribution < 1.29 is 9.18 Å². The van der Waals surface area contributed by atoms with Gasteiger partial charge in [0.15, 0.2) is 0 Å². The highest BCUT2D eigenvalue weighted by Gasteiger charge is 2.17. The van der Waals surface area contributed by atoms with Crippen molar-refractivity contribution >= 4 is 38.7 Å². The third-order valence-electron chi connectivity index (χ3n) is 3.88. The molecule has 3 nitrogen and oxygen atoms in total. The van der Waals surface area contributed by atoms with Gasteiger partial charge < -0.3 is 5.32 Å². The largest absolute Gasteiger partial charge is 0.351 e. The lowest BCUT2D eigenvalue weighted by molar-refractivity contribution is 0.0956. The summed E-state index contributed by atoms with van der Waals surface area (Å²) in [5.41, 5.74) is 1.79. The Balaban J connectivity index is 1.54. The first-order valence-corrected chi connectivity index (χ1v) is 9.62. The number of thiazole rings is 1. The predicted molar refractivity (Wildman–Crippen MR) is 98.6 cm³/mol. The number of nitrogens with zero attached hydrogens (tertiary/aromatic N) is 1. The molecule has 0 aliphatic heterocycles. The highest BCUT2D eigenvalue weighted by atomic mass is 32.1. The number of fused-ring (bicyclic) bond motifs is 1. The van der Waals surface area contributed by atoms with Crippen LogP contribution in [0, 0.1) is 19.7 Å². The molecule has 2 aromatic heterocycles. The normalized spacial score (nSPS) is 11.1. The van der Waals surface area contributed by atoms with Crippen LogP contribution in [0.3, 0.4) is 0 Å². The highest BCUT2D eigenvalue weighted by molar-refractivity contribution is 7.21. The second-order valence-electron chi connectivity index (χ2n) is 5.76. The summed E-state index contributed by atoms with van der Waals surface area (Å²) >= 11 is 3.03. The van der Waals surface area contributed by atoms with Crippen LogP contribution >= 0.6 is 22.7 Å². The zero-order valence-electron chi connectivity index (χ0n) is 13.7. The molecule has 0 aliphatic rings. The van der Waals surface area contributed by atoms with E-state index in [1.807, 2.05) is 19.9 Å². The van der Waals surface area contributed by atoms with E-state index in [9.17, 15) is 9.18 Å². The quantitative estimate of drug-likeness (QED) is 0.636. The minimum atomic E-state index is -0.265. The summed E-state index contributed by atoms with van der Waals surface area (Å²) < 4.78 is 14.7. The van der Waals surface area contributed by atoms with Crippen LogP contribution in [0.25, 0.3) is 10.1 Å². The number of benzene rings is 1. The molecular weight excluding hydrogens is 343 g/mol. The molecule has 0 bridgehead atoms. The molecule has 2 heterocycles. The second kappa shape index (κ2) is 7.40. The second-order valence-corrected chi connectivity index (χ2v) is 7.76. The molecule has 0 aliphatic carbocycles. The average molecular weight is 362 g/mol. The van der Waals surface area contributed by atoms with Crippen LogP contribution in [0.2, 0.25) is 0 Å². The van der Waals surface area contributed by atoms with Gasteiger partial charge in [-0.05, 0) is 50.8 Å². The molecule has 126 valence electrons. The molecule has 1 N–H and O–H groups in total. The smallest absolute Gasteiger partial charge is 0.261 e. The van der Waals surface area contributed by atoms with E-state index < -0.39 is 0 Å². The topological polar surface area (TPSA) is 42.0 Å². The number of halogens is 1. The summed E-state index contributed by atoms with van der Waals surface area (Å²) in [6.45, 7) is 4.43. The van der Waals surface area contributed by atoms with Gasteiger partial charge in [0, 0.05) is 27.7 Å². The van der Waals surface area contributed by atoms with E-state index in [0.717, 1.165) is 40.2 Å². The lowest BCUT2D eigenvalue weighted by atomic mass is 10.1. The molecule has 6 heteroatoms. The van der Waals surface area contributed by atoms with Gasteiger partial charge in [-0.1, -0.05) is 6.07 Å². The number of hydrogen-bond donors (Lipinski definition) is 1. The van der Waals surface area contributed by atoms with Crippen LogP contribution < -0.4 is 5.32 Å². The van der Waals surface area contributed by atoms with E-state index in [0.29, 0.717) is 16.8 Å². The molecule has 0 saturated heterocycles. The van der Waals surface area contributed by atoms with Crippen molar-refractivity contribution in [2.24, 2.45) is 0 Å². The van der Waals surface area contributed by atoms with Crippen molar-refractivity contribution in [2.45, 2.75) is 33.1 Å². The molecule has 0 atom stereocenters. The predicted octanol–water partition coefficient (Wildman–Crippen LogP) is 4.87. The zero-order valence-corrected chi connectivity index (χ0v) is 15.3. The van der Waals surface area contributed by atoms with Crippen LogP contribution in [0.4, 0.5) is 4.39 Å². The summed E-state index contributed by atoms with van der Waals surface area (Å²) in [6.07, 6.45) is 2.84. The summed E-state index contributed by atoms with van der Waals surface area (Å²) in [5.74, 6) is -0.378. The standard InChI is InChI=1S/C18H19FN2OS2/c1-11-10-23-15(21-11)8-3-4-9-20-18(22)17-12(2)16-13(19)6-5-7-14(16)24-17/h5-7,10H,3-4,8-9H2,1-2H3,(H,20,22). The lowest BCUT2D eigenvalue weighted by Gasteiger charge is -2.04. The van der Waals surface area contributed by atoms with Crippen LogP contribution in [0.5, 0.6) is 0 Å². The number of hydrogen-bond acceptors (Lipinski definition) is 4. The van der Waals surface area contributed by atoms with Gasteiger partial charge in [0.2, 0.25) is 0 Å². The molecule has 0 spiro atoms. The summed E-state index contributed by atoms with van der Waals surface area (Å²) in [4.78, 5) is 17.4. The first-order valence-electron chi connectivity index (χ1n) is 7.93. The number of thiophene rings is 1. The van der Waals surface area contributed by atoms with Gasteiger partial charge in [-0.15, -0.1) is 22.7 Å². The van der Waals surface area contributed by atoms with Crippen LogP contribution in [-0.4, -0.2) is 17.4 Å². The highest BCUT2D eigenvalue weighted by Crippen LogP contribution is 2.32. The number of rotatable bonds is 6. The molecule has 3 rings (SSSR count). The number of aromatic nitrogens is 1. The molecule has 24 heavy (non-hydrogen) atoms. The van der Waals surface area contributed by atoms with Gasteiger partial charge in [-0.25, -0.2) is 9.37 Å². The van der Waals surface area contributed by atoms with E-state index in [4.69, 9.17) is 0 Å². The van der Waals surface area contributed by atoms with Crippen molar-refractivity contribution in [2.75, 3.05) is 6.54 Å². The molecule has 0 radical (unpaired) electrons. The van der Waals surface area contributed by atoms with Crippen molar-refractivity contribution in [1.82, 2.24) is 10.3 Å².